The first-order chi connectivity index (χ1) is 6.20. The first kappa shape index (κ1) is 10.1. The van der Waals surface area contributed by atoms with Crippen LogP contribution in [0.2, 0.25) is 0 Å². The van der Waals surface area contributed by atoms with Crippen molar-refractivity contribution in [1.82, 2.24) is 0 Å². The van der Waals surface area contributed by atoms with Crippen LogP contribution in [0, 0.1) is 5.41 Å². The van der Waals surface area contributed by atoms with Crippen LogP contribution in [-0.4, -0.2) is 10.9 Å². The summed E-state index contributed by atoms with van der Waals surface area (Å²) < 4.78 is 0. The van der Waals surface area contributed by atoms with Crippen LogP contribution in [-0.2, 0) is 0 Å². The molecule has 0 aliphatic carbocycles. The number of benzene rings is 1. The molecule has 0 unspecified atom stereocenters. The zero-order chi connectivity index (χ0) is 9.68. The van der Waals surface area contributed by atoms with Gasteiger partial charge < -0.3 is 5.73 Å². The summed E-state index contributed by atoms with van der Waals surface area (Å²) in [6.07, 6.45) is 0. The zero-order valence-electron chi connectivity index (χ0n) is 7.66. The molecule has 0 aliphatic rings. The maximum absolute atomic E-state index is 7.09. The van der Waals surface area contributed by atoms with E-state index < -0.39 is 0 Å². The van der Waals surface area contributed by atoms with Gasteiger partial charge in [-0.1, -0.05) is 49.0 Å². The Kier molecular flexibility index (Phi) is 3.83. The molecule has 13 heavy (non-hydrogen) atoms. The van der Waals surface area contributed by atoms with Crippen LogP contribution in [0.4, 0.5) is 0 Å². The average molecular weight is 194 g/mol. The summed E-state index contributed by atoms with van der Waals surface area (Å²) >= 11 is 1.40. The van der Waals surface area contributed by atoms with Crippen LogP contribution < -0.4 is 5.73 Å². The van der Waals surface area contributed by atoms with E-state index in [4.69, 9.17) is 11.1 Å². The SMILES string of the molecule is C[C@@H](CSC(=N)N)c1ccccc1. The second kappa shape index (κ2) is 4.92. The molecule has 3 N–H and O–H groups in total. The summed E-state index contributed by atoms with van der Waals surface area (Å²) in [5.41, 5.74) is 6.57. The normalized spacial score (nSPS) is 12.4. The molecule has 0 aliphatic heterocycles. The monoisotopic (exact) mass is 194 g/mol. The molecule has 0 saturated carbocycles. The van der Waals surface area contributed by atoms with Crippen molar-refractivity contribution < 1.29 is 0 Å². The second-order valence-electron chi connectivity index (χ2n) is 2.99. The molecule has 1 atom stereocenters. The van der Waals surface area contributed by atoms with Gasteiger partial charge in [0.2, 0.25) is 0 Å². The van der Waals surface area contributed by atoms with E-state index in [1.54, 1.807) is 0 Å². The van der Waals surface area contributed by atoms with Gasteiger partial charge in [-0.25, -0.2) is 0 Å². The fourth-order valence-electron chi connectivity index (χ4n) is 1.09. The minimum absolute atomic E-state index is 0.197. The van der Waals surface area contributed by atoms with Crippen LogP contribution in [0.1, 0.15) is 18.4 Å². The predicted octanol–water partition coefficient (Wildman–Crippen LogP) is 2.42. The summed E-state index contributed by atoms with van der Waals surface area (Å²) in [5, 5.41) is 7.29. The molecule has 0 radical (unpaired) electrons. The highest BCUT2D eigenvalue weighted by Crippen LogP contribution is 2.19. The molecule has 70 valence electrons. The van der Waals surface area contributed by atoms with Crippen molar-refractivity contribution in [2.24, 2.45) is 5.73 Å². The van der Waals surface area contributed by atoms with Gasteiger partial charge in [0, 0.05) is 5.75 Å². The number of rotatable bonds is 3. The Labute approximate surface area is 83.0 Å². The van der Waals surface area contributed by atoms with Gasteiger partial charge in [0.25, 0.3) is 0 Å². The molecule has 0 spiro atoms. The Morgan fingerprint density at radius 1 is 1.46 bits per heavy atom. The number of hydrogen-bond acceptors (Lipinski definition) is 2. The number of hydrogen-bond donors (Lipinski definition) is 2. The first-order valence-corrected chi connectivity index (χ1v) is 5.20. The molecule has 1 rings (SSSR count). The first-order valence-electron chi connectivity index (χ1n) is 4.22. The highest BCUT2D eigenvalue weighted by Gasteiger charge is 2.04. The fraction of sp³-hybridized carbons (Fsp3) is 0.300. The minimum atomic E-state index is 0.197. The summed E-state index contributed by atoms with van der Waals surface area (Å²) in [6, 6.07) is 10.3. The van der Waals surface area contributed by atoms with Crippen molar-refractivity contribution in [2.75, 3.05) is 5.75 Å². The van der Waals surface area contributed by atoms with Crippen molar-refractivity contribution >= 4 is 16.9 Å². The Balaban J connectivity index is 2.49. The predicted molar refractivity (Wildman–Crippen MR) is 59.2 cm³/mol. The Bertz CT molecular complexity index is 272. The number of nitrogens with one attached hydrogen (secondary N) is 1. The van der Waals surface area contributed by atoms with Gasteiger partial charge in [0.15, 0.2) is 5.17 Å². The molecule has 0 heterocycles. The van der Waals surface area contributed by atoms with E-state index in [1.807, 2.05) is 18.2 Å². The quantitative estimate of drug-likeness (QED) is 0.573. The molecule has 0 saturated heterocycles. The lowest BCUT2D eigenvalue weighted by Gasteiger charge is -2.09. The number of amidine groups is 1. The third-order valence-electron chi connectivity index (χ3n) is 1.86. The van der Waals surface area contributed by atoms with E-state index in [2.05, 4.69) is 19.1 Å². The summed E-state index contributed by atoms with van der Waals surface area (Å²) in [5.74, 6) is 1.33. The van der Waals surface area contributed by atoms with Gasteiger partial charge in [-0.3, -0.25) is 5.41 Å². The van der Waals surface area contributed by atoms with Gasteiger partial charge >= 0.3 is 0 Å². The Hall–Kier alpha value is -0.960. The van der Waals surface area contributed by atoms with Gasteiger partial charge in [0.1, 0.15) is 0 Å². The average Bonchev–Trinajstić information content (AvgIpc) is 2.15. The minimum Gasteiger partial charge on any atom is -0.379 e. The van der Waals surface area contributed by atoms with Crippen molar-refractivity contribution in [3.05, 3.63) is 35.9 Å². The lowest BCUT2D eigenvalue weighted by molar-refractivity contribution is 0.883. The van der Waals surface area contributed by atoms with E-state index in [0.29, 0.717) is 5.92 Å². The number of nitrogens with two attached hydrogens (primary N) is 1. The Morgan fingerprint density at radius 3 is 2.62 bits per heavy atom. The van der Waals surface area contributed by atoms with E-state index in [-0.39, 0.29) is 5.17 Å². The van der Waals surface area contributed by atoms with Crippen molar-refractivity contribution in [2.45, 2.75) is 12.8 Å². The highest BCUT2D eigenvalue weighted by molar-refractivity contribution is 8.13. The molecule has 0 aromatic heterocycles. The van der Waals surface area contributed by atoms with Gasteiger partial charge in [-0.2, -0.15) is 0 Å². The molecule has 0 amide bonds. The number of thioether (sulfide) groups is 1. The van der Waals surface area contributed by atoms with Gasteiger partial charge in [0.05, 0.1) is 0 Å². The summed E-state index contributed by atoms with van der Waals surface area (Å²) in [4.78, 5) is 0. The van der Waals surface area contributed by atoms with Gasteiger partial charge in [-0.05, 0) is 11.5 Å². The summed E-state index contributed by atoms with van der Waals surface area (Å²) in [7, 11) is 0. The van der Waals surface area contributed by atoms with E-state index >= 15 is 0 Å². The summed E-state index contributed by atoms with van der Waals surface area (Å²) in [6.45, 7) is 2.14. The fourth-order valence-corrected chi connectivity index (χ4v) is 1.71. The molecule has 0 bridgehead atoms. The van der Waals surface area contributed by atoms with Crippen LogP contribution in [0.15, 0.2) is 30.3 Å². The Morgan fingerprint density at radius 2 is 2.08 bits per heavy atom. The van der Waals surface area contributed by atoms with Crippen molar-refractivity contribution in [3.8, 4) is 0 Å². The standard InChI is InChI=1S/C10H14N2S/c1-8(7-13-10(11)12)9-5-3-2-4-6-9/h2-6,8H,7H2,1H3,(H3,11,12)/t8-/m0/s1. The van der Waals surface area contributed by atoms with Crippen LogP contribution in [0.25, 0.3) is 0 Å². The molecule has 2 nitrogen and oxygen atoms in total. The maximum Gasteiger partial charge on any atom is 0.151 e. The topological polar surface area (TPSA) is 49.9 Å². The van der Waals surface area contributed by atoms with E-state index in [1.165, 1.54) is 17.3 Å². The van der Waals surface area contributed by atoms with E-state index in [0.717, 1.165) is 5.75 Å². The highest BCUT2D eigenvalue weighted by atomic mass is 32.2. The zero-order valence-corrected chi connectivity index (χ0v) is 8.47. The third-order valence-corrected chi connectivity index (χ3v) is 2.84. The van der Waals surface area contributed by atoms with E-state index in [9.17, 15) is 0 Å². The lowest BCUT2D eigenvalue weighted by atomic mass is 10.0. The van der Waals surface area contributed by atoms with Crippen LogP contribution in [0.5, 0.6) is 0 Å². The molecular formula is C10H14N2S. The van der Waals surface area contributed by atoms with Crippen LogP contribution in [0.3, 0.4) is 0 Å². The molecule has 0 fully saturated rings. The largest absolute Gasteiger partial charge is 0.379 e. The van der Waals surface area contributed by atoms with Crippen molar-refractivity contribution in [1.29, 1.82) is 5.41 Å². The van der Waals surface area contributed by atoms with Crippen LogP contribution >= 0.6 is 11.8 Å². The van der Waals surface area contributed by atoms with Crippen molar-refractivity contribution in [3.63, 3.8) is 0 Å². The third kappa shape index (κ3) is 3.51. The second-order valence-corrected chi connectivity index (χ2v) is 4.05. The van der Waals surface area contributed by atoms with Gasteiger partial charge in [-0.15, -0.1) is 0 Å². The smallest absolute Gasteiger partial charge is 0.151 e. The molecular weight excluding hydrogens is 180 g/mol. The molecule has 3 heteroatoms. The molecule has 1 aromatic rings. The lowest BCUT2D eigenvalue weighted by Crippen LogP contribution is -2.07. The maximum atomic E-state index is 7.09. The molecule has 1 aromatic carbocycles.